The van der Waals surface area contributed by atoms with E-state index >= 15 is 0 Å². The van der Waals surface area contributed by atoms with Crippen LogP contribution in [-0.2, 0) is 10.7 Å². The molecule has 0 saturated heterocycles. The van der Waals surface area contributed by atoms with Gasteiger partial charge in [0.1, 0.15) is 24.4 Å². The predicted octanol–water partition coefficient (Wildman–Crippen LogP) is 5.01. The van der Waals surface area contributed by atoms with Crippen molar-refractivity contribution in [3.8, 4) is 11.5 Å². The highest BCUT2D eigenvalue weighted by Gasteiger charge is 2.34. The zero-order valence-electron chi connectivity index (χ0n) is 20.3. The number of aliphatic hydroxyl groups excluding tert-OH is 1. The Kier molecular flexibility index (Phi) is 7.37. The van der Waals surface area contributed by atoms with Crippen LogP contribution in [0.4, 0.5) is 14.6 Å². The molecule has 7 nitrogen and oxygen atoms in total. The first-order chi connectivity index (χ1) is 16.7. The van der Waals surface area contributed by atoms with Crippen molar-refractivity contribution in [2.24, 2.45) is 5.92 Å². The van der Waals surface area contributed by atoms with E-state index in [-0.39, 0.29) is 17.7 Å². The van der Waals surface area contributed by atoms with Crippen molar-refractivity contribution in [1.82, 2.24) is 9.97 Å². The highest BCUT2D eigenvalue weighted by atomic mass is 19.3. The van der Waals surface area contributed by atoms with Crippen LogP contribution in [0.3, 0.4) is 0 Å². The Morgan fingerprint density at radius 2 is 1.94 bits per heavy atom. The zero-order chi connectivity index (χ0) is 25.2. The molecular weight excluding hydrogens is 456 g/mol. The van der Waals surface area contributed by atoms with Crippen LogP contribution in [0.15, 0.2) is 36.4 Å². The maximum atomic E-state index is 14.0. The summed E-state index contributed by atoms with van der Waals surface area (Å²) in [5, 5.41) is 13.1. The molecule has 2 unspecified atom stereocenters. The molecule has 1 fully saturated rings. The van der Waals surface area contributed by atoms with E-state index in [0.717, 1.165) is 18.2 Å². The highest BCUT2D eigenvalue weighted by molar-refractivity contribution is 5.92. The first kappa shape index (κ1) is 25.1. The van der Waals surface area contributed by atoms with Gasteiger partial charge in [-0.25, -0.2) is 9.97 Å². The second-order valence-corrected chi connectivity index (χ2v) is 8.94. The summed E-state index contributed by atoms with van der Waals surface area (Å²) in [6.45, 7) is 3.05. The topological polar surface area (TPSA) is 85.7 Å². The Balaban J connectivity index is 1.66. The van der Waals surface area contributed by atoms with E-state index < -0.39 is 12.5 Å². The van der Waals surface area contributed by atoms with Crippen LogP contribution < -0.4 is 14.8 Å². The minimum atomic E-state index is -3.31. The standard InChI is InChI=1S/C26H31F2N3O4/c1-15(17-6-5-7-19(10-17)26(27,28)14-32)29-25-20-11-24(35-22-9-8-18(22)13-33-3)23(34-4)12-21(20)30-16(2)31-25/h5-7,10-12,15,18,22,32H,8-9,13-14H2,1-4H3,(H,29,30,31)/t15-,18?,22?/m1/s1. The molecule has 3 aromatic rings. The van der Waals surface area contributed by atoms with E-state index in [0.29, 0.717) is 46.7 Å². The van der Waals surface area contributed by atoms with Gasteiger partial charge in [0.05, 0.1) is 19.2 Å². The number of hydrogen-bond acceptors (Lipinski definition) is 7. The van der Waals surface area contributed by atoms with E-state index in [4.69, 9.17) is 19.3 Å². The van der Waals surface area contributed by atoms with Gasteiger partial charge < -0.3 is 24.6 Å². The summed E-state index contributed by atoms with van der Waals surface area (Å²) in [6.07, 6.45) is 2.03. The van der Waals surface area contributed by atoms with Gasteiger partial charge in [-0.1, -0.05) is 18.2 Å². The fourth-order valence-corrected chi connectivity index (χ4v) is 4.29. The molecule has 1 saturated carbocycles. The van der Waals surface area contributed by atoms with Gasteiger partial charge in [-0.3, -0.25) is 0 Å². The number of rotatable bonds is 10. The quantitative estimate of drug-likeness (QED) is 0.416. The molecule has 0 bridgehead atoms. The lowest BCUT2D eigenvalue weighted by Crippen LogP contribution is -2.39. The molecule has 0 radical (unpaired) electrons. The second-order valence-electron chi connectivity index (χ2n) is 8.94. The maximum absolute atomic E-state index is 14.0. The lowest BCUT2D eigenvalue weighted by Gasteiger charge is -2.36. The van der Waals surface area contributed by atoms with Crippen molar-refractivity contribution in [2.45, 2.75) is 44.8 Å². The number of aromatic nitrogens is 2. The van der Waals surface area contributed by atoms with Crippen LogP contribution in [-0.4, -0.2) is 48.6 Å². The summed E-state index contributed by atoms with van der Waals surface area (Å²) in [5.74, 6) is -0.679. The average Bonchev–Trinajstić information content (AvgIpc) is 2.84. The molecule has 0 aliphatic heterocycles. The third-order valence-corrected chi connectivity index (χ3v) is 6.46. The summed E-state index contributed by atoms with van der Waals surface area (Å²) in [4.78, 5) is 9.13. The SMILES string of the molecule is COCC1CCC1Oc1cc2c(N[C@H](C)c3cccc(C(F)(F)CO)c3)nc(C)nc2cc1OC. The molecule has 1 heterocycles. The van der Waals surface area contributed by atoms with Gasteiger partial charge in [0, 0.05) is 36.1 Å². The number of nitrogens with one attached hydrogen (secondary N) is 1. The van der Waals surface area contributed by atoms with Crippen molar-refractivity contribution in [3.63, 3.8) is 0 Å². The largest absolute Gasteiger partial charge is 0.493 e. The Morgan fingerprint density at radius 3 is 2.60 bits per heavy atom. The van der Waals surface area contributed by atoms with Crippen LogP contribution in [0.5, 0.6) is 11.5 Å². The number of anilines is 1. The monoisotopic (exact) mass is 487 g/mol. The van der Waals surface area contributed by atoms with Crippen LogP contribution in [0, 0.1) is 12.8 Å². The number of benzene rings is 2. The molecule has 2 N–H and O–H groups in total. The Morgan fingerprint density at radius 1 is 1.14 bits per heavy atom. The highest BCUT2D eigenvalue weighted by Crippen LogP contribution is 2.39. The fourth-order valence-electron chi connectivity index (χ4n) is 4.29. The van der Waals surface area contributed by atoms with Crippen LogP contribution in [0.2, 0.25) is 0 Å². The third kappa shape index (κ3) is 5.31. The molecule has 4 rings (SSSR count). The van der Waals surface area contributed by atoms with Crippen molar-refractivity contribution >= 4 is 16.7 Å². The number of ether oxygens (including phenoxy) is 3. The van der Waals surface area contributed by atoms with E-state index in [1.165, 1.54) is 12.1 Å². The number of methoxy groups -OCH3 is 2. The minimum Gasteiger partial charge on any atom is -0.493 e. The number of nitrogens with zero attached hydrogens (tertiary/aromatic N) is 2. The summed E-state index contributed by atoms with van der Waals surface area (Å²) in [7, 11) is 3.28. The molecule has 1 aliphatic rings. The van der Waals surface area contributed by atoms with Crippen LogP contribution >= 0.6 is 0 Å². The van der Waals surface area contributed by atoms with Crippen molar-refractivity contribution in [2.75, 3.05) is 32.8 Å². The van der Waals surface area contributed by atoms with Gasteiger partial charge in [-0.2, -0.15) is 8.78 Å². The van der Waals surface area contributed by atoms with E-state index in [1.54, 1.807) is 33.3 Å². The van der Waals surface area contributed by atoms with Crippen molar-refractivity contribution < 1.29 is 28.1 Å². The molecule has 9 heteroatoms. The van der Waals surface area contributed by atoms with Crippen LogP contribution in [0.25, 0.3) is 10.9 Å². The van der Waals surface area contributed by atoms with Gasteiger partial charge >= 0.3 is 0 Å². The van der Waals surface area contributed by atoms with Crippen molar-refractivity contribution in [1.29, 1.82) is 0 Å². The number of aliphatic hydroxyl groups is 1. The summed E-state index contributed by atoms with van der Waals surface area (Å²) < 4.78 is 45.2. The van der Waals surface area contributed by atoms with E-state index in [1.807, 2.05) is 19.1 Å². The van der Waals surface area contributed by atoms with Gasteiger partial charge in [0.15, 0.2) is 11.5 Å². The Labute approximate surface area is 203 Å². The van der Waals surface area contributed by atoms with Crippen molar-refractivity contribution in [3.05, 3.63) is 53.3 Å². The molecular formula is C26H31F2N3O4. The first-order valence-corrected chi connectivity index (χ1v) is 11.6. The normalized spacial score (nSPS) is 18.7. The van der Waals surface area contributed by atoms with E-state index in [9.17, 15) is 8.78 Å². The summed E-state index contributed by atoms with van der Waals surface area (Å²) in [6, 6.07) is 9.36. The number of aryl methyl sites for hydroxylation is 1. The minimum absolute atomic E-state index is 0.0407. The number of fused-ring (bicyclic) bond motifs is 1. The first-order valence-electron chi connectivity index (χ1n) is 11.6. The molecule has 1 aliphatic carbocycles. The smallest absolute Gasteiger partial charge is 0.295 e. The molecule has 2 aromatic carbocycles. The molecule has 0 spiro atoms. The van der Waals surface area contributed by atoms with E-state index in [2.05, 4.69) is 15.3 Å². The third-order valence-electron chi connectivity index (χ3n) is 6.46. The van der Waals surface area contributed by atoms with Gasteiger partial charge in [-0.05, 0) is 44.4 Å². The van der Waals surface area contributed by atoms with Crippen LogP contribution in [0.1, 0.15) is 42.8 Å². The molecule has 35 heavy (non-hydrogen) atoms. The van der Waals surface area contributed by atoms with Gasteiger partial charge in [-0.15, -0.1) is 0 Å². The fraction of sp³-hybridized carbons (Fsp3) is 0.462. The molecule has 1 aromatic heterocycles. The van der Waals surface area contributed by atoms with Gasteiger partial charge in [0.25, 0.3) is 5.92 Å². The Bertz CT molecular complexity index is 1190. The summed E-state index contributed by atoms with van der Waals surface area (Å²) >= 11 is 0. The molecule has 3 atom stereocenters. The molecule has 0 amide bonds. The summed E-state index contributed by atoms with van der Waals surface area (Å²) in [5.41, 5.74) is 1.09. The van der Waals surface area contributed by atoms with Gasteiger partial charge in [0.2, 0.25) is 0 Å². The predicted molar refractivity (Wildman–Crippen MR) is 129 cm³/mol. The zero-order valence-corrected chi connectivity index (χ0v) is 20.3. The number of hydrogen-bond donors (Lipinski definition) is 2. The number of halogens is 2. The Hall–Kier alpha value is -3.04. The lowest BCUT2D eigenvalue weighted by atomic mass is 9.82. The lowest BCUT2D eigenvalue weighted by molar-refractivity contribution is -0.0556. The maximum Gasteiger partial charge on any atom is 0.295 e. The molecule has 188 valence electrons. The number of alkyl halides is 2. The second kappa shape index (κ2) is 10.3. The average molecular weight is 488 g/mol.